The van der Waals surface area contributed by atoms with E-state index in [-0.39, 0.29) is 17.9 Å². The maximum Gasteiger partial charge on any atom is 0.252 e. The lowest BCUT2D eigenvalue weighted by atomic mass is 10.2. The van der Waals surface area contributed by atoms with E-state index in [9.17, 15) is 13.6 Å². The van der Waals surface area contributed by atoms with Crippen molar-refractivity contribution in [2.24, 2.45) is 0 Å². The van der Waals surface area contributed by atoms with Gasteiger partial charge >= 0.3 is 0 Å². The molecule has 0 heterocycles. The molecule has 0 aliphatic heterocycles. The topological polar surface area (TPSA) is 26.3 Å². The van der Waals surface area contributed by atoms with Crippen LogP contribution < -0.4 is 4.74 Å². The van der Waals surface area contributed by atoms with Crippen molar-refractivity contribution in [3.05, 3.63) is 29.3 Å². The van der Waals surface area contributed by atoms with Gasteiger partial charge in [-0.1, -0.05) is 19.8 Å². The predicted octanol–water partition coefficient (Wildman–Crippen LogP) is 3.91. The third kappa shape index (κ3) is 3.97. The van der Waals surface area contributed by atoms with E-state index in [0.717, 1.165) is 31.4 Å². The quantitative estimate of drug-likeness (QED) is 0.574. The van der Waals surface area contributed by atoms with Gasteiger partial charge in [0.1, 0.15) is 0 Å². The summed E-state index contributed by atoms with van der Waals surface area (Å²) in [6.45, 7) is 2.30. The zero-order valence-electron chi connectivity index (χ0n) is 9.43. The first-order chi connectivity index (χ1) is 8.06. The van der Waals surface area contributed by atoms with Crippen LogP contribution in [-0.2, 0) is 0 Å². The van der Waals surface area contributed by atoms with Gasteiger partial charge in [-0.2, -0.15) is 4.39 Å². The van der Waals surface area contributed by atoms with Crippen LogP contribution >= 0.6 is 11.6 Å². The van der Waals surface area contributed by atoms with Gasteiger partial charge in [0.05, 0.1) is 6.61 Å². The Morgan fingerprint density at radius 3 is 2.65 bits per heavy atom. The number of halogens is 3. The van der Waals surface area contributed by atoms with Gasteiger partial charge in [0, 0.05) is 5.56 Å². The highest BCUT2D eigenvalue weighted by Crippen LogP contribution is 2.23. The number of hydrogen-bond donors (Lipinski definition) is 0. The molecule has 1 rings (SSSR count). The van der Waals surface area contributed by atoms with E-state index in [1.807, 2.05) is 6.92 Å². The molecule has 0 atom stereocenters. The molecule has 0 aromatic heterocycles. The third-order valence-corrected chi connectivity index (χ3v) is 2.45. The molecule has 17 heavy (non-hydrogen) atoms. The SMILES string of the molecule is CCCCCOc1cc(C(=O)Cl)cc(F)c1F. The summed E-state index contributed by atoms with van der Waals surface area (Å²) in [5, 5.41) is -0.845. The van der Waals surface area contributed by atoms with Crippen molar-refractivity contribution < 1.29 is 18.3 Å². The Hall–Kier alpha value is -1.16. The lowest BCUT2D eigenvalue weighted by molar-refractivity contribution is 0.108. The lowest BCUT2D eigenvalue weighted by Gasteiger charge is -2.08. The zero-order valence-corrected chi connectivity index (χ0v) is 10.2. The summed E-state index contributed by atoms with van der Waals surface area (Å²) in [4.78, 5) is 10.9. The van der Waals surface area contributed by atoms with Crippen molar-refractivity contribution in [1.82, 2.24) is 0 Å². The molecule has 5 heteroatoms. The minimum Gasteiger partial charge on any atom is -0.490 e. The van der Waals surface area contributed by atoms with Crippen LogP contribution in [0.1, 0.15) is 36.5 Å². The van der Waals surface area contributed by atoms with Crippen molar-refractivity contribution in [2.45, 2.75) is 26.2 Å². The molecular weight excluding hydrogens is 250 g/mol. The molecule has 0 saturated carbocycles. The number of benzene rings is 1. The van der Waals surface area contributed by atoms with E-state index < -0.39 is 16.9 Å². The van der Waals surface area contributed by atoms with E-state index in [1.165, 1.54) is 0 Å². The van der Waals surface area contributed by atoms with Gasteiger partial charge in [-0.05, 0) is 30.2 Å². The molecule has 0 N–H and O–H groups in total. The molecule has 0 unspecified atom stereocenters. The van der Waals surface area contributed by atoms with Crippen LogP contribution in [-0.4, -0.2) is 11.8 Å². The van der Waals surface area contributed by atoms with Crippen LogP contribution in [0.4, 0.5) is 8.78 Å². The Balaban J connectivity index is 2.79. The first-order valence-corrected chi connectivity index (χ1v) is 5.75. The molecule has 0 aliphatic carbocycles. The largest absolute Gasteiger partial charge is 0.490 e. The summed E-state index contributed by atoms with van der Waals surface area (Å²) in [5.74, 6) is -2.50. The molecule has 0 bridgehead atoms. The molecular formula is C12H13ClF2O2. The van der Waals surface area contributed by atoms with Crippen LogP contribution in [0.2, 0.25) is 0 Å². The van der Waals surface area contributed by atoms with E-state index in [2.05, 4.69) is 0 Å². The maximum atomic E-state index is 13.3. The van der Waals surface area contributed by atoms with Crippen molar-refractivity contribution in [3.8, 4) is 5.75 Å². The Bertz CT molecular complexity index is 408. The molecule has 1 aromatic carbocycles. The summed E-state index contributed by atoms with van der Waals surface area (Å²) in [6.07, 6.45) is 2.69. The zero-order chi connectivity index (χ0) is 12.8. The Kier molecular flexibility index (Phi) is 5.35. The Morgan fingerprint density at radius 2 is 2.06 bits per heavy atom. The summed E-state index contributed by atoms with van der Waals surface area (Å²) in [6, 6.07) is 1.86. The van der Waals surface area contributed by atoms with Crippen molar-refractivity contribution in [2.75, 3.05) is 6.61 Å². The van der Waals surface area contributed by atoms with Crippen molar-refractivity contribution >= 4 is 16.8 Å². The van der Waals surface area contributed by atoms with Gasteiger partial charge in [0.25, 0.3) is 5.24 Å². The van der Waals surface area contributed by atoms with Crippen LogP contribution in [0.5, 0.6) is 5.75 Å². The number of rotatable bonds is 6. The molecule has 0 spiro atoms. The molecule has 1 aromatic rings. The van der Waals surface area contributed by atoms with Crippen LogP contribution in [0, 0.1) is 11.6 Å². The fourth-order valence-corrected chi connectivity index (χ4v) is 1.43. The summed E-state index contributed by atoms with van der Waals surface area (Å²) < 4.78 is 31.5. The highest BCUT2D eigenvalue weighted by Gasteiger charge is 2.14. The van der Waals surface area contributed by atoms with Crippen LogP contribution in [0.3, 0.4) is 0 Å². The summed E-state index contributed by atoms with van der Waals surface area (Å²) in [5.41, 5.74) is -0.115. The smallest absolute Gasteiger partial charge is 0.252 e. The fraction of sp³-hybridized carbons (Fsp3) is 0.417. The van der Waals surface area contributed by atoms with Crippen molar-refractivity contribution in [1.29, 1.82) is 0 Å². The summed E-state index contributed by atoms with van der Waals surface area (Å²) >= 11 is 5.20. The first-order valence-electron chi connectivity index (χ1n) is 5.38. The van der Waals surface area contributed by atoms with Crippen LogP contribution in [0.25, 0.3) is 0 Å². The Labute approximate surface area is 104 Å². The number of carbonyl (C=O) groups is 1. The lowest BCUT2D eigenvalue weighted by Crippen LogP contribution is -2.03. The maximum absolute atomic E-state index is 13.3. The van der Waals surface area contributed by atoms with E-state index in [4.69, 9.17) is 16.3 Å². The van der Waals surface area contributed by atoms with Gasteiger partial charge in [0.15, 0.2) is 11.6 Å². The molecule has 0 amide bonds. The molecule has 0 aliphatic rings. The molecule has 0 saturated heterocycles. The van der Waals surface area contributed by atoms with Gasteiger partial charge < -0.3 is 4.74 Å². The van der Waals surface area contributed by atoms with E-state index in [0.29, 0.717) is 0 Å². The highest BCUT2D eigenvalue weighted by molar-refractivity contribution is 6.67. The second-order valence-corrected chi connectivity index (χ2v) is 3.94. The molecule has 0 fully saturated rings. The van der Waals surface area contributed by atoms with Crippen molar-refractivity contribution in [3.63, 3.8) is 0 Å². The highest BCUT2D eigenvalue weighted by atomic mass is 35.5. The monoisotopic (exact) mass is 262 g/mol. The predicted molar refractivity (Wildman–Crippen MR) is 61.6 cm³/mol. The second kappa shape index (κ2) is 6.55. The minimum absolute atomic E-state index is 0.115. The van der Waals surface area contributed by atoms with Gasteiger partial charge in [-0.3, -0.25) is 4.79 Å². The van der Waals surface area contributed by atoms with Gasteiger partial charge in [0.2, 0.25) is 5.82 Å². The number of ether oxygens (including phenoxy) is 1. The average Bonchev–Trinajstić information content (AvgIpc) is 2.29. The number of hydrogen-bond acceptors (Lipinski definition) is 2. The van der Waals surface area contributed by atoms with Gasteiger partial charge in [-0.15, -0.1) is 0 Å². The molecule has 94 valence electrons. The Morgan fingerprint density at radius 1 is 1.35 bits per heavy atom. The molecule has 2 nitrogen and oxygen atoms in total. The van der Waals surface area contributed by atoms with Gasteiger partial charge in [-0.25, -0.2) is 4.39 Å². The average molecular weight is 263 g/mol. The number of unbranched alkanes of at least 4 members (excludes halogenated alkanes) is 2. The summed E-state index contributed by atoms with van der Waals surface area (Å²) in [7, 11) is 0. The second-order valence-electron chi connectivity index (χ2n) is 3.60. The minimum atomic E-state index is -1.14. The van der Waals surface area contributed by atoms with E-state index >= 15 is 0 Å². The number of carbonyl (C=O) groups excluding carboxylic acids is 1. The third-order valence-electron chi connectivity index (χ3n) is 2.23. The van der Waals surface area contributed by atoms with E-state index in [1.54, 1.807) is 0 Å². The fourth-order valence-electron chi connectivity index (χ4n) is 1.32. The first kappa shape index (κ1) is 13.9. The normalized spacial score (nSPS) is 10.4. The standard InChI is InChI=1S/C12H13ClF2O2/c1-2-3-4-5-17-10-7-8(12(13)16)6-9(14)11(10)15/h6-7H,2-5H2,1H3. The molecule has 0 radical (unpaired) electrons. The van der Waals surface area contributed by atoms with Crippen LogP contribution in [0.15, 0.2) is 12.1 Å².